The summed E-state index contributed by atoms with van der Waals surface area (Å²) < 4.78 is 12.3. The number of thioether (sulfide) groups is 1. The summed E-state index contributed by atoms with van der Waals surface area (Å²) in [5.41, 5.74) is 3.10. The van der Waals surface area contributed by atoms with Crippen LogP contribution in [-0.2, 0) is 14.1 Å². The molecule has 0 aromatic carbocycles. The minimum atomic E-state index is -0.456. The van der Waals surface area contributed by atoms with E-state index in [4.69, 9.17) is 9.31 Å². The van der Waals surface area contributed by atoms with Gasteiger partial charge in [0.05, 0.1) is 11.2 Å². The van der Waals surface area contributed by atoms with Gasteiger partial charge in [0.1, 0.15) is 0 Å². The molecule has 4 nitrogen and oxygen atoms in total. The molecule has 0 amide bonds. The minimum absolute atomic E-state index is 0.0798. The summed E-state index contributed by atoms with van der Waals surface area (Å²) >= 11 is 1.27. The summed E-state index contributed by atoms with van der Waals surface area (Å²) in [5.74, 6) is 0.541. The number of aromatic nitrogens is 1. The zero-order valence-corrected chi connectivity index (χ0v) is 16.4. The van der Waals surface area contributed by atoms with Crippen molar-refractivity contribution in [3.63, 3.8) is 0 Å². The second-order valence-electron chi connectivity index (χ2n) is 7.22. The number of hydrogen-bond acceptors (Lipinski definition) is 5. The molecule has 0 radical (unpaired) electrons. The molecule has 1 aliphatic rings. The number of carbonyl (C=O) groups is 1. The Morgan fingerprint density at radius 3 is 2.29 bits per heavy atom. The molecule has 1 aromatic rings. The fourth-order valence-corrected chi connectivity index (χ4v) is 3.00. The van der Waals surface area contributed by atoms with Gasteiger partial charge in [-0.25, -0.2) is 0 Å². The molecule has 1 fully saturated rings. The summed E-state index contributed by atoms with van der Waals surface area (Å²) in [6.07, 6.45) is 2.04. The van der Waals surface area contributed by atoms with E-state index in [0.29, 0.717) is 5.75 Å². The Hall–Kier alpha value is -1.11. The first-order valence-corrected chi connectivity index (χ1v) is 9.14. The molecular formula is C18H26BNO3S. The molecule has 0 saturated carbocycles. The van der Waals surface area contributed by atoms with Crippen LogP contribution >= 0.6 is 11.8 Å². The topological polar surface area (TPSA) is 48.4 Å². The van der Waals surface area contributed by atoms with Crippen molar-refractivity contribution in [2.45, 2.75) is 59.7 Å². The summed E-state index contributed by atoms with van der Waals surface area (Å²) in [4.78, 5) is 15.9. The number of rotatable bonds is 4. The molecule has 2 rings (SSSR count). The normalized spacial score (nSPS) is 19.6. The van der Waals surface area contributed by atoms with E-state index in [1.807, 2.05) is 59.8 Å². The highest BCUT2D eigenvalue weighted by Crippen LogP contribution is 2.39. The minimum Gasteiger partial charge on any atom is -0.400 e. The highest BCUT2D eigenvalue weighted by atomic mass is 32.2. The van der Waals surface area contributed by atoms with Crippen LogP contribution in [0.25, 0.3) is 6.08 Å². The van der Waals surface area contributed by atoms with Gasteiger partial charge >= 0.3 is 7.12 Å². The van der Waals surface area contributed by atoms with Crippen molar-refractivity contribution in [1.82, 2.24) is 4.98 Å². The first kappa shape index (κ1) is 19.2. The molecule has 2 heterocycles. The average Bonchev–Trinajstić information content (AvgIpc) is 2.65. The van der Waals surface area contributed by atoms with Gasteiger partial charge in [-0.1, -0.05) is 23.9 Å². The van der Waals surface area contributed by atoms with Gasteiger partial charge in [0.2, 0.25) is 0 Å². The standard InChI is InChI=1S/C18H26BNO3S/c1-12-8-9-15(13(2)20-12)10-16(11-24-14(3)21)19-22-17(4,5)18(6,7)23-19/h8-10H,11H2,1-7H3. The van der Waals surface area contributed by atoms with Crippen LogP contribution in [0.15, 0.2) is 17.6 Å². The largest absolute Gasteiger partial charge is 0.491 e. The van der Waals surface area contributed by atoms with E-state index < -0.39 is 18.3 Å². The third-order valence-corrected chi connectivity index (χ3v) is 5.49. The summed E-state index contributed by atoms with van der Waals surface area (Å²) in [5, 5.41) is 0.0798. The Labute approximate surface area is 149 Å². The zero-order chi connectivity index (χ0) is 18.1. The number of carbonyl (C=O) groups excluding carboxylic acids is 1. The molecule has 6 heteroatoms. The van der Waals surface area contributed by atoms with Crippen molar-refractivity contribution in [3.05, 3.63) is 34.6 Å². The van der Waals surface area contributed by atoms with E-state index in [-0.39, 0.29) is 5.12 Å². The monoisotopic (exact) mass is 347 g/mol. The second kappa shape index (κ2) is 7.02. The Bertz CT molecular complexity index is 654. The Kier molecular flexibility index (Phi) is 5.62. The quantitative estimate of drug-likeness (QED) is 0.771. The fourth-order valence-electron chi connectivity index (χ4n) is 2.41. The predicted octanol–water partition coefficient (Wildman–Crippen LogP) is 3.99. The number of hydrogen-bond donors (Lipinski definition) is 0. The highest BCUT2D eigenvalue weighted by Gasteiger charge is 2.52. The molecule has 0 atom stereocenters. The molecule has 0 aliphatic carbocycles. The number of aryl methyl sites for hydroxylation is 2. The highest BCUT2D eigenvalue weighted by molar-refractivity contribution is 8.13. The van der Waals surface area contributed by atoms with Gasteiger partial charge in [-0.3, -0.25) is 9.78 Å². The SMILES string of the molecule is CC(=O)SCC(=Cc1ccc(C)nc1C)B1OC(C)(C)C(C)(C)O1. The fraction of sp³-hybridized carbons (Fsp3) is 0.556. The molecule has 24 heavy (non-hydrogen) atoms. The lowest BCUT2D eigenvalue weighted by Crippen LogP contribution is -2.41. The lowest BCUT2D eigenvalue weighted by molar-refractivity contribution is -0.109. The third kappa shape index (κ3) is 4.29. The van der Waals surface area contributed by atoms with Gasteiger partial charge in [0.25, 0.3) is 0 Å². The van der Waals surface area contributed by atoms with Crippen molar-refractivity contribution in [2.75, 3.05) is 5.75 Å². The van der Waals surface area contributed by atoms with Crippen molar-refractivity contribution >= 4 is 30.1 Å². The molecule has 130 valence electrons. The van der Waals surface area contributed by atoms with Crippen LogP contribution in [0.1, 0.15) is 51.6 Å². The smallest absolute Gasteiger partial charge is 0.400 e. The average molecular weight is 347 g/mol. The molecule has 0 bridgehead atoms. The molecule has 1 saturated heterocycles. The van der Waals surface area contributed by atoms with Crippen LogP contribution in [0.2, 0.25) is 0 Å². The zero-order valence-electron chi connectivity index (χ0n) is 15.6. The Morgan fingerprint density at radius 1 is 1.21 bits per heavy atom. The summed E-state index contributed by atoms with van der Waals surface area (Å²) in [6, 6.07) is 4.03. The molecule has 1 aliphatic heterocycles. The van der Waals surface area contributed by atoms with Crippen molar-refractivity contribution < 1.29 is 14.1 Å². The van der Waals surface area contributed by atoms with Gasteiger partial charge in [0.15, 0.2) is 5.12 Å². The van der Waals surface area contributed by atoms with Crippen LogP contribution in [-0.4, -0.2) is 34.2 Å². The van der Waals surface area contributed by atoms with E-state index in [2.05, 4.69) is 4.98 Å². The van der Waals surface area contributed by atoms with E-state index in [9.17, 15) is 4.79 Å². The predicted molar refractivity (Wildman–Crippen MR) is 101 cm³/mol. The van der Waals surface area contributed by atoms with E-state index in [1.54, 1.807) is 6.92 Å². The summed E-state index contributed by atoms with van der Waals surface area (Å²) in [6.45, 7) is 13.6. The van der Waals surface area contributed by atoms with Crippen molar-refractivity contribution in [2.24, 2.45) is 0 Å². The number of nitrogens with zero attached hydrogens (tertiary/aromatic N) is 1. The van der Waals surface area contributed by atoms with Crippen LogP contribution < -0.4 is 0 Å². The second-order valence-corrected chi connectivity index (χ2v) is 8.37. The van der Waals surface area contributed by atoms with Crippen LogP contribution in [0, 0.1) is 13.8 Å². The maximum atomic E-state index is 11.4. The van der Waals surface area contributed by atoms with E-state index in [0.717, 1.165) is 22.4 Å². The van der Waals surface area contributed by atoms with E-state index in [1.165, 1.54) is 11.8 Å². The molecule has 1 aromatic heterocycles. The maximum absolute atomic E-state index is 11.4. The van der Waals surface area contributed by atoms with Crippen LogP contribution in [0.4, 0.5) is 0 Å². The lowest BCUT2D eigenvalue weighted by Gasteiger charge is -2.32. The van der Waals surface area contributed by atoms with Gasteiger partial charge in [-0.2, -0.15) is 0 Å². The van der Waals surface area contributed by atoms with Gasteiger partial charge in [-0.15, -0.1) is 0 Å². The van der Waals surface area contributed by atoms with Crippen molar-refractivity contribution in [1.29, 1.82) is 0 Å². The number of pyridine rings is 1. The maximum Gasteiger partial charge on any atom is 0.491 e. The van der Waals surface area contributed by atoms with Crippen LogP contribution in [0.3, 0.4) is 0 Å². The molecular weight excluding hydrogens is 321 g/mol. The Balaban J connectivity index is 2.35. The first-order valence-electron chi connectivity index (χ1n) is 8.15. The van der Waals surface area contributed by atoms with Gasteiger partial charge in [-0.05, 0) is 58.6 Å². The summed E-state index contributed by atoms with van der Waals surface area (Å²) in [7, 11) is -0.456. The van der Waals surface area contributed by atoms with Crippen LogP contribution in [0.5, 0.6) is 0 Å². The molecule has 0 N–H and O–H groups in total. The third-order valence-electron chi connectivity index (χ3n) is 4.60. The van der Waals surface area contributed by atoms with Crippen molar-refractivity contribution in [3.8, 4) is 0 Å². The first-order chi connectivity index (χ1) is 11.0. The van der Waals surface area contributed by atoms with Gasteiger partial charge < -0.3 is 9.31 Å². The molecule has 0 unspecified atom stereocenters. The Morgan fingerprint density at radius 2 is 1.79 bits per heavy atom. The molecule has 0 spiro atoms. The van der Waals surface area contributed by atoms with Gasteiger partial charge in [0, 0.05) is 24.1 Å². The lowest BCUT2D eigenvalue weighted by atomic mass is 9.78. The van der Waals surface area contributed by atoms with E-state index >= 15 is 0 Å².